The van der Waals surface area contributed by atoms with Crippen molar-refractivity contribution in [3.63, 3.8) is 0 Å². The largest absolute Gasteiger partial charge is 0.401 e. The molecular weight excluding hydrogens is 140 g/mol. The Bertz CT molecular complexity index is 206. The molecule has 3 nitrogen and oxygen atoms in total. The predicted molar refractivity (Wildman–Crippen MR) is 43.0 cm³/mol. The molecule has 1 radical (unpaired) electrons. The van der Waals surface area contributed by atoms with Gasteiger partial charge in [0, 0.05) is 5.70 Å². The van der Waals surface area contributed by atoms with Gasteiger partial charge in [-0.1, -0.05) is 0 Å². The summed E-state index contributed by atoms with van der Waals surface area (Å²) >= 11 is 0. The molecule has 11 heavy (non-hydrogen) atoms. The summed E-state index contributed by atoms with van der Waals surface area (Å²) in [5, 5.41) is 12.6. The number of nitrogens with zero attached hydrogens (tertiary/aromatic N) is 1. The van der Waals surface area contributed by atoms with E-state index in [2.05, 4.69) is 0 Å². The first-order valence-corrected chi connectivity index (χ1v) is 3.75. The van der Waals surface area contributed by atoms with Gasteiger partial charge in [0.2, 0.25) is 0 Å². The van der Waals surface area contributed by atoms with Gasteiger partial charge in [-0.25, -0.2) is 0 Å². The third-order valence-corrected chi connectivity index (χ3v) is 2.25. The smallest absolute Gasteiger partial charge is 0.0836 e. The second-order valence-corrected chi connectivity index (χ2v) is 4.11. The molecule has 0 spiro atoms. The van der Waals surface area contributed by atoms with Crippen LogP contribution >= 0.6 is 0 Å². The van der Waals surface area contributed by atoms with Crippen LogP contribution in [0.25, 0.3) is 0 Å². The Hall–Kier alpha value is -0.540. The van der Waals surface area contributed by atoms with Crippen molar-refractivity contribution in [2.45, 2.75) is 38.8 Å². The van der Waals surface area contributed by atoms with Crippen LogP contribution in [0.15, 0.2) is 11.8 Å². The number of hydroxylamine groups is 2. The number of hydrogen-bond donors (Lipinski definition) is 1. The summed E-state index contributed by atoms with van der Waals surface area (Å²) in [6, 6.07) is 0. The van der Waals surface area contributed by atoms with Crippen LogP contribution < -0.4 is 5.73 Å². The molecule has 0 amide bonds. The summed E-state index contributed by atoms with van der Waals surface area (Å²) < 4.78 is 0. The van der Waals surface area contributed by atoms with Gasteiger partial charge in [0.15, 0.2) is 0 Å². The van der Waals surface area contributed by atoms with Crippen molar-refractivity contribution in [2.24, 2.45) is 5.73 Å². The van der Waals surface area contributed by atoms with E-state index < -0.39 is 11.1 Å². The van der Waals surface area contributed by atoms with E-state index in [4.69, 9.17) is 5.73 Å². The average molecular weight is 155 g/mol. The Morgan fingerprint density at radius 3 is 1.91 bits per heavy atom. The average Bonchev–Trinajstić information content (AvgIpc) is 1.94. The molecule has 1 rings (SSSR count). The van der Waals surface area contributed by atoms with Gasteiger partial charge in [-0.3, -0.25) is 0 Å². The van der Waals surface area contributed by atoms with Gasteiger partial charge in [-0.2, -0.15) is 0 Å². The highest BCUT2D eigenvalue weighted by Gasteiger charge is 2.45. The normalized spacial score (nSPS) is 28.6. The zero-order chi connectivity index (χ0) is 8.86. The molecule has 1 heterocycles. The summed E-state index contributed by atoms with van der Waals surface area (Å²) in [4.78, 5) is 0. The molecule has 0 saturated carbocycles. The van der Waals surface area contributed by atoms with Crippen molar-refractivity contribution in [3.05, 3.63) is 11.8 Å². The Morgan fingerprint density at radius 2 is 1.82 bits per heavy atom. The maximum Gasteiger partial charge on any atom is 0.0836 e. The van der Waals surface area contributed by atoms with Crippen molar-refractivity contribution in [1.82, 2.24) is 5.06 Å². The molecule has 0 bridgehead atoms. The highest BCUT2D eigenvalue weighted by Crippen LogP contribution is 2.35. The quantitative estimate of drug-likeness (QED) is 0.568. The lowest BCUT2D eigenvalue weighted by Crippen LogP contribution is -2.47. The number of nitrogens with two attached hydrogens (primary N) is 1. The molecule has 0 aliphatic carbocycles. The highest BCUT2D eigenvalue weighted by molar-refractivity contribution is 5.26. The van der Waals surface area contributed by atoms with E-state index in [9.17, 15) is 5.21 Å². The molecule has 1 aliphatic heterocycles. The molecule has 0 aromatic heterocycles. The third kappa shape index (κ3) is 1.04. The molecule has 0 fully saturated rings. The fourth-order valence-electron chi connectivity index (χ4n) is 1.45. The number of rotatable bonds is 0. The fraction of sp³-hybridized carbons (Fsp3) is 0.750. The Balaban J connectivity index is 3.04. The SMILES string of the molecule is CC1(C)C=C(N)C(C)(C)N1[O]. The van der Waals surface area contributed by atoms with E-state index in [1.54, 1.807) is 0 Å². The van der Waals surface area contributed by atoms with Crippen LogP contribution in [-0.2, 0) is 5.21 Å². The lowest BCUT2D eigenvalue weighted by atomic mass is 10.0. The first-order chi connectivity index (χ1) is 4.78. The minimum Gasteiger partial charge on any atom is -0.401 e. The minimum absolute atomic E-state index is 0.451. The molecule has 0 atom stereocenters. The van der Waals surface area contributed by atoms with Gasteiger partial charge in [-0.15, -0.1) is 10.3 Å². The molecule has 2 N–H and O–H groups in total. The van der Waals surface area contributed by atoms with Crippen LogP contribution in [0.1, 0.15) is 27.7 Å². The highest BCUT2D eigenvalue weighted by atomic mass is 16.5. The van der Waals surface area contributed by atoms with Crippen molar-refractivity contribution in [1.29, 1.82) is 0 Å². The maximum absolute atomic E-state index is 11.5. The molecular formula is C8H15N2O. The van der Waals surface area contributed by atoms with Crippen molar-refractivity contribution < 1.29 is 5.21 Å². The first kappa shape index (κ1) is 8.56. The second kappa shape index (κ2) is 1.99. The van der Waals surface area contributed by atoms with Crippen LogP contribution in [0.3, 0.4) is 0 Å². The lowest BCUT2D eigenvalue weighted by molar-refractivity contribution is -0.238. The summed E-state index contributed by atoms with van der Waals surface area (Å²) in [5.74, 6) is 0. The van der Waals surface area contributed by atoms with E-state index in [1.165, 1.54) is 0 Å². The molecule has 1 aliphatic rings. The van der Waals surface area contributed by atoms with Crippen molar-refractivity contribution in [2.75, 3.05) is 0 Å². The summed E-state index contributed by atoms with van der Waals surface area (Å²) in [6.45, 7) is 7.39. The Labute approximate surface area is 67.4 Å². The van der Waals surface area contributed by atoms with Gasteiger partial charge < -0.3 is 5.73 Å². The zero-order valence-corrected chi connectivity index (χ0v) is 7.51. The van der Waals surface area contributed by atoms with Crippen LogP contribution in [-0.4, -0.2) is 16.1 Å². The van der Waals surface area contributed by atoms with Gasteiger partial charge in [0.25, 0.3) is 0 Å². The fourth-order valence-corrected chi connectivity index (χ4v) is 1.45. The Morgan fingerprint density at radius 1 is 1.36 bits per heavy atom. The van der Waals surface area contributed by atoms with Gasteiger partial charge >= 0.3 is 0 Å². The van der Waals surface area contributed by atoms with Crippen LogP contribution in [0, 0.1) is 0 Å². The molecule has 63 valence electrons. The van der Waals surface area contributed by atoms with Crippen LogP contribution in [0.5, 0.6) is 0 Å². The lowest BCUT2D eigenvalue weighted by Gasteiger charge is -2.32. The van der Waals surface area contributed by atoms with E-state index in [1.807, 2.05) is 33.8 Å². The van der Waals surface area contributed by atoms with Gasteiger partial charge in [-0.05, 0) is 33.8 Å². The van der Waals surface area contributed by atoms with E-state index in [0.29, 0.717) is 5.70 Å². The second-order valence-electron chi connectivity index (χ2n) is 4.11. The van der Waals surface area contributed by atoms with Crippen molar-refractivity contribution >= 4 is 0 Å². The van der Waals surface area contributed by atoms with E-state index in [-0.39, 0.29) is 0 Å². The summed E-state index contributed by atoms with van der Waals surface area (Å²) in [7, 11) is 0. The van der Waals surface area contributed by atoms with Gasteiger partial charge in [0.05, 0.1) is 11.1 Å². The molecule has 0 saturated heterocycles. The van der Waals surface area contributed by atoms with Crippen molar-refractivity contribution in [3.8, 4) is 0 Å². The first-order valence-electron chi connectivity index (χ1n) is 3.75. The topological polar surface area (TPSA) is 49.2 Å². The number of hydrogen-bond acceptors (Lipinski definition) is 2. The van der Waals surface area contributed by atoms with Crippen LogP contribution in [0.2, 0.25) is 0 Å². The standard InChI is InChI=1S/C8H15N2O/c1-7(2)5-6(9)8(3,4)10(7)11/h5H,9H2,1-4H3. The van der Waals surface area contributed by atoms with E-state index >= 15 is 0 Å². The third-order valence-electron chi connectivity index (χ3n) is 2.25. The van der Waals surface area contributed by atoms with E-state index in [0.717, 1.165) is 5.06 Å². The summed E-state index contributed by atoms with van der Waals surface area (Å²) in [5.41, 5.74) is 5.37. The summed E-state index contributed by atoms with van der Waals surface area (Å²) in [6.07, 6.45) is 1.82. The molecule has 0 aromatic rings. The predicted octanol–water partition coefficient (Wildman–Crippen LogP) is 1.05. The maximum atomic E-state index is 11.5. The molecule has 0 aromatic carbocycles. The molecule has 3 heteroatoms. The Kier molecular flexibility index (Phi) is 1.55. The van der Waals surface area contributed by atoms with Crippen LogP contribution in [0.4, 0.5) is 0 Å². The molecule has 0 unspecified atom stereocenters. The zero-order valence-electron chi connectivity index (χ0n) is 7.51. The van der Waals surface area contributed by atoms with Gasteiger partial charge in [0.1, 0.15) is 0 Å². The monoisotopic (exact) mass is 155 g/mol. The minimum atomic E-state index is -0.538.